The molecule has 3 rings (SSSR count). The van der Waals surface area contributed by atoms with E-state index in [0.717, 1.165) is 12.1 Å². The van der Waals surface area contributed by atoms with Gasteiger partial charge < -0.3 is 10.4 Å². The highest BCUT2D eigenvalue weighted by Crippen LogP contribution is 2.34. The predicted molar refractivity (Wildman–Crippen MR) is 93.5 cm³/mol. The number of alkyl halides is 3. The van der Waals surface area contributed by atoms with Crippen LogP contribution in [0.2, 0.25) is 0 Å². The van der Waals surface area contributed by atoms with E-state index in [1.807, 2.05) is 13.8 Å². The summed E-state index contributed by atoms with van der Waals surface area (Å²) in [5, 5.41) is 12.6. The Morgan fingerprint density at radius 3 is 2.63 bits per heavy atom. The molecule has 0 bridgehead atoms. The number of aromatic hydroxyl groups is 1. The van der Waals surface area contributed by atoms with E-state index < -0.39 is 24.2 Å². The highest BCUT2D eigenvalue weighted by molar-refractivity contribution is 5.90. The van der Waals surface area contributed by atoms with Gasteiger partial charge in [-0.15, -0.1) is 0 Å². The highest BCUT2D eigenvalue weighted by atomic mass is 19.4. The molecule has 5 nitrogen and oxygen atoms in total. The summed E-state index contributed by atoms with van der Waals surface area (Å²) < 4.78 is 52.7. The minimum atomic E-state index is -4.53. The van der Waals surface area contributed by atoms with Crippen molar-refractivity contribution in [3.05, 3.63) is 34.8 Å². The van der Waals surface area contributed by atoms with E-state index in [1.54, 1.807) is 6.21 Å². The molecule has 1 aromatic carbocycles. The summed E-state index contributed by atoms with van der Waals surface area (Å²) in [5.41, 5.74) is 0.828. The summed E-state index contributed by atoms with van der Waals surface area (Å²) in [6.07, 6.45) is -4.25. The van der Waals surface area contributed by atoms with Gasteiger partial charge in [0.25, 0.3) is 0 Å². The molecule has 0 fully saturated rings. The van der Waals surface area contributed by atoms with Gasteiger partial charge >= 0.3 is 6.18 Å². The Morgan fingerprint density at radius 1 is 1.22 bits per heavy atom. The number of rotatable bonds is 5. The molecule has 0 unspecified atom stereocenters. The van der Waals surface area contributed by atoms with Crippen molar-refractivity contribution in [2.45, 2.75) is 33.0 Å². The van der Waals surface area contributed by atoms with Gasteiger partial charge in [-0.25, -0.2) is 14.4 Å². The van der Waals surface area contributed by atoms with E-state index in [2.05, 4.69) is 20.3 Å². The van der Waals surface area contributed by atoms with Crippen molar-refractivity contribution in [1.29, 1.82) is 0 Å². The average Bonchev–Trinajstić information content (AvgIpc) is 3.02. The molecule has 2 aromatic rings. The van der Waals surface area contributed by atoms with E-state index in [1.165, 1.54) is 0 Å². The largest absolute Gasteiger partial charge is 0.505 e. The lowest BCUT2D eigenvalue weighted by atomic mass is 10.0. The number of halogens is 4. The number of benzene rings is 1. The summed E-state index contributed by atoms with van der Waals surface area (Å²) in [6.45, 7) is 4.87. The van der Waals surface area contributed by atoms with Crippen LogP contribution < -0.4 is 5.32 Å². The maximum Gasteiger partial charge on any atom is 0.393 e. The summed E-state index contributed by atoms with van der Waals surface area (Å²) >= 11 is 0. The molecule has 0 radical (unpaired) electrons. The van der Waals surface area contributed by atoms with Crippen molar-refractivity contribution in [1.82, 2.24) is 9.97 Å². The molecule has 0 amide bonds. The van der Waals surface area contributed by atoms with Gasteiger partial charge in [-0.05, 0) is 23.6 Å². The molecule has 2 heterocycles. The van der Waals surface area contributed by atoms with Crippen LogP contribution in [0.1, 0.15) is 30.7 Å². The first kappa shape index (κ1) is 19.1. The molecule has 0 aliphatic carbocycles. The van der Waals surface area contributed by atoms with E-state index in [4.69, 9.17) is 0 Å². The number of hydrogen-bond donors (Lipinski definition) is 2. The normalized spacial score (nSPS) is 13.3. The van der Waals surface area contributed by atoms with Crippen molar-refractivity contribution >= 4 is 12.0 Å². The van der Waals surface area contributed by atoms with Crippen LogP contribution in [0, 0.1) is 11.7 Å². The lowest BCUT2D eigenvalue weighted by Gasteiger charge is -2.15. The zero-order chi connectivity index (χ0) is 19.8. The molecule has 9 heteroatoms. The van der Waals surface area contributed by atoms with Crippen LogP contribution in [0.5, 0.6) is 5.75 Å². The predicted octanol–water partition coefficient (Wildman–Crippen LogP) is 4.09. The van der Waals surface area contributed by atoms with Gasteiger partial charge in [0.05, 0.1) is 24.2 Å². The first-order valence-electron chi connectivity index (χ1n) is 8.37. The molecule has 1 aliphatic rings. The van der Waals surface area contributed by atoms with Crippen molar-refractivity contribution < 1.29 is 22.7 Å². The zero-order valence-corrected chi connectivity index (χ0v) is 14.7. The lowest BCUT2D eigenvalue weighted by molar-refractivity contribution is -0.127. The van der Waals surface area contributed by atoms with Crippen LogP contribution in [0.25, 0.3) is 11.4 Å². The number of nitrogens with one attached hydrogen (secondary N) is 1. The minimum absolute atomic E-state index is 0.0383. The minimum Gasteiger partial charge on any atom is -0.505 e. The molecule has 144 valence electrons. The summed E-state index contributed by atoms with van der Waals surface area (Å²) in [4.78, 5) is 12.7. The molecular weight excluding hydrogens is 364 g/mol. The van der Waals surface area contributed by atoms with Gasteiger partial charge in [-0.1, -0.05) is 13.8 Å². The third-order valence-electron chi connectivity index (χ3n) is 3.97. The molecule has 0 atom stereocenters. The van der Waals surface area contributed by atoms with Gasteiger partial charge in [0, 0.05) is 18.3 Å². The third kappa shape index (κ3) is 4.35. The van der Waals surface area contributed by atoms with Gasteiger partial charge in [0.15, 0.2) is 17.4 Å². The molecule has 2 N–H and O–H groups in total. The molecule has 0 saturated carbocycles. The second-order valence-electron chi connectivity index (χ2n) is 6.75. The van der Waals surface area contributed by atoms with Gasteiger partial charge in [-0.3, -0.25) is 4.99 Å². The molecular formula is C18H18F4N4O. The first-order valence-corrected chi connectivity index (χ1v) is 8.37. The van der Waals surface area contributed by atoms with Crippen LogP contribution in [0.4, 0.5) is 23.4 Å². The number of hydrogen-bond acceptors (Lipinski definition) is 5. The van der Waals surface area contributed by atoms with E-state index in [0.29, 0.717) is 29.5 Å². The Kier molecular flexibility index (Phi) is 5.03. The van der Waals surface area contributed by atoms with Crippen LogP contribution in [0.3, 0.4) is 0 Å². The van der Waals surface area contributed by atoms with Crippen molar-refractivity contribution in [2.24, 2.45) is 10.9 Å². The Morgan fingerprint density at radius 2 is 1.96 bits per heavy atom. The number of aromatic nitrogens is 2. The fourth-order valence-corrected chi connectivity index (χ4v) is 2.73. The maximum absolute atomic E-state index is 13.9. The van der Waals surface area contributed by atoms with E-state index >= 15 is 0 Å². The van der Waals surface area contributed by atoms with Crippen LogP contribution in [-0.4, -0.2) is 34.0 Å². The number of fused-ring (bicyclic) bond motifs is 1. The molecule has 0 spiro atoms. The quantitative estimate of drug-likeness (QED) is 0.764. The number of nitrogens with zero attached hydrogens (tertiary/aromatic N) is 3. The fraction of sp³-hybridized carbons (Fsp3) is 0.389. The standard InChI is InChI=1S/C18H18F4N4O/c1-9(2)6-24-16-12-7-23-8-14(12)25-17(26-16)11-4-13(19)15(27)3-10(11)5-18(20,21)22/h3-4,7,9,27H,5-6,8H2,1-2H3,(H,24,25,26). The number of aliphatic imine (C=N–C) groups is 1. The van der Waals surface area contributed by atoms with Gasteiger partial charge in [0.1, 0.15) is 5.82 Å². The lowest BCUT2D eigenvalue weighted by Crippen LogP contribution is -2.15. The zero-order valence-electron chi connectivity index (χ0n) is 14.7. The fourth-order valence-electron chi connectivity index (χ4n) is 2.73. The van der Waals surface area contributed by atoms with Crippen molar-refractivity contribution in [3.8, 4) is 17.1 Å². The van der Waals surface area contributed by atoms with Crippen LogP contribution in [-0.2, 0) is 13.0 Å². The monoisotopic (exact) mass is 382 g/mol. The SMILES string of the molecule is CC(C)CNc1nc(-c2cc(F)c(O)cc2CC(F)(F)F)nc2c1C=NC2. The number of phenolic OH excluding ortho intramolecular Hbond substituents is 1. The van der Waals surface area contributed by atoms with Gasteiger partial charge in [0.2, 0.25) is 0 Å². The Labute approximate surface area is 153 Å². The molecule has 1 aliphatic heterocycles. The van der Waals surface area contributed by atoms with E-state index in [-0.39, 0.29) is 23.5 Å². The van der Waals surface area contributed by atoms with E-state index in [9.17, 15) is 22.7 Å². The Hall–Kier alpha value is -2.71. The molecule has 0 saturated heterocycles. The number of phenols is 1. The summed E-state index contributed by atoms with van der Waals surface area (Å²) in [5.74, 6) is -1.17. The van der Waals surface area contributed by atoms with Gasteiger partial charge in [-0.2, -0.15) is 13.2 Å². The summed E-state index contributed by atoms with van der Waals surface area (Å²) in [6, 6.07) is 1.60. The highest BCUT2D eigenvalue weighted by Gasteiger charge is 2.31. The average molecular weight is 382 g/mol. The molecule has 1 aromatic heterocycles. The number of anilines is 1. The van der Waals surface area contributed by atoms with Crippen molar-refractivity contribution in [3.63, 3.8) is 0 Å². The first-order chi connectivity index (χ1) is 12.6. The Balaban J connectivity index is 2.11. The Bertz CT molecular complexity index is 894. The topological polar surface area (TPSA) is 70.4 Å². The molecule has 27 heavy (non-hydrogen) atoms. The van der Waals surface area contributed by atoms with Crippen LogP contribution in [0.15, 0.2) is 17.1 Å². The smallest absolute Gasteiger partial charge is 0.393 e. The maximum atomic E-state index is 13.9. The van der Waals surface area contributed by atoms with Crippen LogP contribution >= 0.6 is 0 Å². The van der Waals surface area contributed by atoms with Crippen molar-refractivity contribution in [2.75, 3.05) is 11.9 Å². The second kappa shape index (κ2) is 7.13. The summed E-state index contributed by atoms with van der Waals surface area (Å²) in [7, 11) is 0. The second-order valence-corrected chi connectivity index (χ2v) is 6.75. The third-order valence-corrected chi connectivity index (χ3v) is 3.97.